The van der Waals surface area contributed by atoms with Crippen LogP contribution in [0.4, 0.5) is 0 Å². The number of hydrogen-bond acceptors (Lipinski definition) is 5. The van der Waals surface area contributed by atoms with Crippen molar-refractivity contribution in [1.29, 1.82) is 0 Å². The zero-order valence-electron chi connectivity index (χ0n) is 9.50. The van der Waals surface area contributed by atoms with Gasteiger partial charge in [0, 0.05) is 6.08 Å². The summed E-state index contributed by atoms with van der Waals surface area (Å²) in [7, 11) is 1.58. The molecule has 0 aromatic heterocycles. The van der Waals surface area contributed by atoms with Crippen LogP contribution in [0, 0.1) is 0 Å². The topological polar surface area (TPSA) is 81.8 Å². The average Bonchev–Trinajstić information content (AvgIpc) is 2.36. The van der Waals surface area contributed by atoms with Crippen LogP contribution in [0.5, 0.6) is 5.75 Å². The van der Waals surface area contributed by atoms with Gasteiger partial charge >= 0.3 is 5.97 Å². The van der Waals surface area contributed by atoms with Gasteiger partial charge in [-0.3, -0.25) is 0 Å². The van der Waals surface area contributed by atoms with E-state index < -0.39 is 12.3 Å². The van der Waals surface area contributed by atoms with Gasteiger partial charge in [0.05, 0.1) is 13.7 Å². The van der Waals surface area contributed by atoms with E-state index in [2.05, 4.69) is 4.74 Å². The first-order valence-corrected chi connectivity index (χ1v) is 5.06. The van der Waals surface area contributed by atoms with Crippen LogP contribution in [0.1, 0.15) is 5.56 Å². The maximum absolute atomic E-state index is 11.2. The zero-order chi connectivity index (χ0) is 12.7. The number of rotatable bonds is 5. The van der Waals surface area contributed by atoms with Gasteiger partial charge in [-0.05, 0) is 23.8 Å². The molecule has 5 heteroatoms. The van der Waals surface area contributed by atoms with Crippen LogP contribution < -0.4 is 10.5 Å². The standard InChI is InChI=1S/C12H15NO4/c1-16-10-5-2-9(3-6-10)4-7-11(14)17-12(15)8-13/h2-7,12,15H,8,13H2,1H3/b7-4+. The molecular formula is C12H15NO4. The molecule has 0 spiro atoms. The van der Waals surface area contributed by atoms with Gasteiger partial charge in [0.2, 0.25) is 6.29 Å². The summed E-state index contributed by atoms with van der Waals surface area (Å²) in [6.45, 7) is -0.123. The molecule has 1 aromatic rings. The molecule has 3 N–H and O–H groups in total. The van der Waals surface area contributed by atoms with Crippen LogP contribution in [0.3, 0.4) is 0 Å². The largest absolute Gasteiger partial charge is 0.497 e. The van der Waals surface area contributed by atoms with Crippen molar-refractivity contribution in [1.82, 2.24) is 0 Å². The number of benzene rings is 1. The third-order valence-electron chi connectivity index (χ3n) is 1.98. The van der Waals surface area contributed by atoms with Gasteiger partial charge in [-0.25, -0.2) is 4.79 Å². The molecule has 1 atom stereocenters. The summed E-state index contributed by atoms with van der Waals surface area (Å²) in [5, 5.41) is 8.98. The molecule has 0 saturated heterocycles. The van der Waals surface area contributed by atoms with Crippen LogP contribution in [0.15, 0.2) is 30.3 Å². The first-order valence-electron chi connectivity index (χ1n) is 5.06. The fourth-order valence-electron chi connectivity index (χ4n) is 1.10. The molecule has 1 rings (SSSR count). The van der Waals surface area contributed by atoms with E-state index in [1.54, 1.807) is 37.5 Å². The number of aliphatic hydroxyl groups excluding tert-OH is 1. The van der Waals surface area contributed by atoms with Gasteiger partial charge in [-0.1, -0.05) is 12.1 Å². The molecule has 17 heavy (non-hydrogen) atoms. The van der Waals surface area contributed by atoms with Gasteiger partial charge in [0.15, 0.2) is 0 Å². The van der Waals surface area contributed by atoms with Gasteiger partial charge < -0.3 is 20.3 Å². The second-order valence-corrected chi connectivity index (χ2v) is 3.23. The van der Waals surface area contributed by atoms with Crippen LogP contribution in [-0.2, 0) is 9.53 Å². The Morgan fingerprint density at radius 2 is 2.12 bits per heavy atom. The van der Waals surface area contributed by atoms with Gasteiger partial charge in [0.1, 0.15) is 5.75 Å². The second-order valence-electron chi connectivity index (χ2n) is 3.23. The molecule has 0 aliphatic rings. The van der Waals surface area contributed by atoms with Crippen molar-refractivity contribution in [2.24, 2.45) is 5.73 Å². The minimum atomic E-state index is -1.26. The number of aliphatic hydroxyl groups is 1. The normalized spacial score (nSPS) is 12.4. The third kappa shape index (κ3) is 4.67. The number of carbonyl (C=O) groups is 1. The molecule has 1 unspecified atom stereocenters. The minimum absolute atomic E-state index is 0.123. The quantitative estimate of drug-likeness (QED) is 0.443. The first-order chi connectivity index (χ1) is 8.15. The Kier molecular flexibility index (Phi) is 5.19. The lowest BCUT2D eigenvalue weighted by Gasteiger charge is -2.06. The summed E-state index contributed by atoms with van der Waals surface area (Å²) in [6.07, 6.45) is 1.54. The first kappa shape index (κ1) is 13.2. The molecule has 5 nitrogen and oxygen atoms in total. The number of hydrogen-bond donors (Lipinski definition) is 2. The Balaban J connectivity index is 2.54. The molecule has 0 amide bonds. The number of nitrogens with two attached hydrogens (primary N) is 1. The molecule has 0 radical (unpaired) electrons. The molecule has 0 aliphatic carbocycles. The zero-order valence-corrected chi connectivity index (χ0v) is 9.50. The van der Waals surface area contributed by atoms with E-state index in [0.717, 1.165) is 11.3 Å². The molecule has 0 heterocycles. The van der Waals surface area contributed by atoms with E-state index in [0.29, 0.717) is 0 Å². The number of ether oxygens (including phenoxy) is 2. The van der Waals surface area contributed by atoms with Gasteiger partial charge in [0.25, 0.3) is 0 Å². The average molecular weight is 237 g/mol. The predicted molar refractivity (Wildman–Crippen MR) is 63.2 cm³/mol. The lowest BCUT2D eigenvalue weighted by atomic mass is 10.2. The van der Waals surface area contributed by atoms with Crippen LogP contribution in [0.2, 0.25) is 0 Å². The lowest BCUT2D eigenvalue weighted by Crippen LogP contribution is -2.25. The summed E-state index contributed by atoms with van der Waals surface area (Å²) < 4.78 is 9.55. The van der Waals surface area contributed by atoms with E-state index in [9.17, 15) is 4.79 Å². The highest BCUT2D eigenvalue weighted by Gasteiger charge is 2.04. The van der Waals surface area contributed by atoms with Crippen molar-refractivity contribution >= 4 is 12.0 Å². The number of carbonyl (C=O) groups excluding carboxylic acids is 1. The Morgan fingerprint density at radius 3 is 2.65 bits per heavy atom. The van der Waals surface area contributed by atoms with Crippen molar-refractivity contribution in [2.45, 2.75) is 6.29 Å². The maximum atomic E-state index is 11.2. The van der Waals surface area contributed by atoms with Crippen LogP contribution in [-0.4, -0.2) is 31.0 Å². The molecule has 0 bridgehead atoms. The van der Waals surface area contributed by atoms with Crippen LogP contribution >= 0.6 is 0 Å². The van der Waals surface area contributed by atoms with Crippen molar-refractivity contribution < 1.29 is 19.4 Å². The molecule has 0 saturated carbocycles. The number of esters is 1. The molecular weight excluding hydrogens is 222 g/mol. The highest BCUT2D eigenvalue weighted by molar-refractivity contribution is 5.87. The third-order valence-corrected chi connectivity index (χ3v) is 1.98. The Labute approximate surface area is 99.5 Å². The minimum Gasteiger partial charge on any atom is -0.497 e. The van der Waals surface area contributed by atoms with E-state index in [1.165, 1.54) is 6.08 Å². The summed E-state index contributed by atoms with van der Waals surface area (Å²) in [4.78, 5) is 11.2. The van der Waals surface area contributed by atoms with E-state index in [1.807, 2.05) is 0 Å². The van der Waals surface area contributed by atoms with Crippen LogP contribution in [0.25, 0.3) is 6.08 Å². The Bertz CT molecular complexity index is 386. The van der Waals surface area contributed by atoms with Crippen molar-refractivity contribution in [2.75, 3.05) is 13.7 Å². The summed E-state index contributed by atoms with van der Waals surface area (Å²) in [5.41, 5.74) is 5.92. The van der Waals surface area contributed by atoms with Crippen molar-refractivity contribution in [3.63, 3.8) is 0 Å². The fraction of sp³-hybridized carbons (Fsp3) is 0.250. The van der Waals surface area contributed by atoms with E-state index in [-0.39, 0.29) is 6.54 Å². The Hall–Kier alpha value is -1.85. The number of methoxy groups -OCH3 is 1. The summed E-state index contributed by atoms with van der Waals surface area (Å²) in [5.74, 6) is 0.0991. The predicted octanol–water partition coefficient (Wildman–Crippen LogP) is 0.529. The fourth-order valence-corrected chi connectivity index (χ4v) is 1.10. The Morgan fingerprint density at radius 1 is 1.47 bits per heavy atom. The summed E-state index contributed by atoms with van der Waals surface area (Å²) in [6, 6.07) is 7.14. The molecule has 1 aromatic carbocycles. The monoisotopic (exact) mass is 237 g/mol. The van der Waals surface area contributed by atoms with Crippen molar-refractivity contribution in [3.8, 4) is 5.75 Å². The summed E-state index contributed by atoms with van der Waals surface area (Å²) >= 11 is 0. The highest BCUT2D eigenvalue weighted by Crippen LogP contribution is 2.12. The maximum Gasteiger partial charge on any atom is 0.333 e. The SMILES string of the molecule is COc1ccc(/C=C/C(=O)OC(O)CN)cc1. The van der Waals surface area contributed by atoms with Crippen molar-refractivity contribution in [3.05, 3.63) is 35.9 Å². The second kappa shape index (κ2) is 6.67. The van der Waals surface area contributed by atoms with Gasteiger partial charge in [-0.15, -0.1) is 0 Å². The van der Waals surface area contributed by atoms with E-state index >= 15 is 0 Å². The highest BCUT2D eigenvalue weighted by atomic mass is 16.6. The molecule has 0 aliphatic heterocycles. The van der Waals surface area contributed by atoms with Gasteiger partial charge in [-0.2, -0.15) is 0 Å². The smallest absolute Gasteiger partial charge is 0.333 e. The van der Waals surface area contributed by atoms with E-state index in [4.69, 9.17) is 15.6 Å². The lowest BCUT2D eigenvalue weighted by molar-refractivity contribution is -0.159. The molecule has 92 valence electrons. The molecule has 0 fully saturated rings.